The van der Waals surface area contributed by atoms with Crippen LogP contribution < -0.4 is 4.72 Å². The van der Waals surface area contributed by atoms with Crippen molar-refractivity contribution < 1.29 is 18.3 Å². The lowest BCUT2D eigenvalue weighted by molar-refractivity contribution is -0.136. The Morgan fingerprint density at radius 1 is 1.50 bits per heavy atom. The van der Waals surface area contributed by atoms with Crippen LogP contribution in [0.25, 0.3) is 0 Å². The molecule has 0 saturated heterocycles. The number of carbonyl (C=O) groups is 1. The van der Waals surface area contributed by atoms with E-state index in [-0.39, 0.29) is 10.6 Å². The summed E-state index contributed by atoms with van der Waals surface area (Å²) in [5.41, 5.74) is 1.02. The Hall–Kier alpha value is -1.59. The predicted octanol–water partition coefficient (Wildman–Crippen LogP) is 1.45. The summed E-state index contributed by atoms with van der Waals surface area (Å²) in [5, 5.41) is 17.7. The average molecular weight is 288 g/mol. The molecule has 0 fully saturated rings. The van der Waals surface area contributed by atoms with Crippen molar-refractivity contribution in [3.05, 3.63) is 16.0 Å². The van der Waals surface area contributed by atoms with Crippen molar-refractivity contribution in [3.63, 3.8) is 0 Å². The van der Waals surface area contributed by atoms with E-state index in [1.54, 1.807) is 13.8 Å². The Morgan fingerprint density at radius 2 is 2.11 bits per heavy atom. The lowest BCUT2D eigenvalue weighted by Crippen LogP contribution is -2.18. The quantitative estimate of drug-likeness (QED) is 0.852. The number of rotatable bonds is 5. The number of nitrogens with zero attached hydrogens (tertiary/aromatic N) is 1. The lowest BCUT2D eigenvalue weighted by Gasteiger charge is -2.04. The highest BCUT2D eigenvalue weighted by Crippen LogP contribution is 2.32. The maximum Gasteiger partial charge on any atom is 0.304 e. The average Bonchev–Trinajstić information content (AvgIpc) is 2.51. The third-order valence-corrected chi connectivity index (χ3v) is 4.84. The van der Waals surface area contributed by atoms with Gasteiger partial charge in [0.25, 0.3) is 0 Å². The van der Waals surface area contributed by atoms with Crippen molar-refractivity contribution >= 4 is 32.3 Å². The van der Waals surface area contributed by atoms with Crippen LogP contribution in [-0.2, 0) is 14.8 Å². The standard InChI is InChI=1S/C10H12N2O4S2/c1-6-7(2)17-10(8(6)5-11)12-18(15,16)4-3-9(13)14/h12H,3-4H2,1-2H3,(H,13,14). The topological polar surface area (TPSA) is 107 Å². The molecule has 1 heterocycles. The number of thiophene rings is 1. The first kappa shape index (κ1) is 14.5. The van der Waals surface area contributed by atoms with E-state index in [2.05, 4.69) is 4.72 Å². The first-order valence-electron chi connectivity index (χ1n) is 4.99. The van der Waals surface area contributed by atoms with Gasteiger partial charge in [-0.3, -0.25) is 9.52 Å². The summed E-state index contributed by atoms with van der Waals surface area (Å²) in [6.07, 6.45) is -0.472. The van der Waals surface area contributed by atoms with Crippen LogP contribution >= 0.6 is 11.3 Å². The van der Waals surface area contributed by atoms with Gasteiger partial charge in [0, 0.05) is 4.88 Å². The Morgan fingerprint density at radius 3 is 2.61 bits per heavy atom. The van der Waals surface area contributed by atoms with E-state index in [1.165, 1.54) is 11.3 Å². The lowest BCUT2D eigenvalue weighted by atomic mass is 10.2. The van der Waals surface area contributed by atoms with Gasteiger partial charge >= 0.3 is 5.97 Å². The van der Waals surface area contributed by atoms with E-state index in [1.807, 2.05) is 6.07 Å². The molecule has 1 rings (SSSR count). The van der Waals surface area contributed by atoms with Gasteiger partial charge < -0.3 is 5.11 Å². The van der Waals surface area contributed by atoms with Gasteiger partial charge in [0.1, 0.15) is 11.1 Å². The van der Waals surface area contributed by atoms with Crippen molar-refractivity contribution in [2.75, 3.05) is 10.5 Å². The van der Waals surface area contributed by atoms with Crippen molar-refractivity contribution in [2.24, 2.45) is 0 Å². The van der Waals surface area contributed by atoms with Crippen LogP contribution in [0.4, 0.5) is 5.00 Å². The van der Waals surface area contributed by atoms with E-state index in [9.17, 15) is 13.2 Å². The maximum atomic E-state index is 11.6. The third kappa shape index (κ3) is 3.45. The molecular weight excluding hydrogens is 276 g/mol. The normalized spacial score (nSPS) is 10.9. The monoisotopic (exact) mass is 288 g/mol. The second-order valence-corrected chi connectivity index (χ2v) is 6.73. The molecule has 0 aliphatic rings. The fourth-order valence-electron chi connectivity index (χ4n) is 1.25. The molecule has 0 unspecified atom stereocenters. The summed E-state index contributed by atoms with van der Waals surface area (Å²) < 4.78 is 25.5. The zero-order valence-electron chi connectivity index (χ0n) is 9.85. The minimum Gasteiger partial charge on any atom is -0.481 e. The summed E-state index contributed by atoms with van der Waals surface area (Å²) in [6, 6.07) is 1.94. The van der Waals surface area contributed by atoms with Crippen LogP contribution in [0, 0.1) is 25.2 Å². The maximum absolute atomic E-state index is 11.6. The number of aliphatic carboxylic acids is 1. The van der Waals surface area contributed by atoms with E-state index in [0.717, 1.165) is 10.4 Å². The minimum atomic E-state index is -3.74. The van der Waals surface area contributed by atoms with Crippen LogP contribution in [0.1, 0.15) is 22.4 Å². The SMILES string of the molecule is Cc1sc(NS(=O)(=O)CCC(=O)O)c(C#N)c1C. The van der Waals surface area contributed by atoms with Crippen molar-refractivity contribution in [2.45, 2.75) is 20.3 Å². The van der Waals surface area contributed by atoms with Gasteiger partial charge in [-0.2, -0.15) is 5.26 Å². The minimum absolute atomic E-state index is 0.248. The number of nitriles is 1. The second kappa shape index (κ2) is 5.37. The zero-order valence-corrected chi connectivity index (χ0v) is 11.5. The molecule has 0 aliphatic carbocycles. The molecule has 1 aromatic rings. The zero-order chi connectivity index (χ0) is 13.9. The van der Waals surface area contributed by atoms with Crippen molar-refractivity contribution in [1.82, 2.24) is 0 Å². The van der Waals surface area contributed by atoms with Gasteiger partial charge in [-0.15, -0.1) is 11.3 Å². The molecule has 8 heteroatoms. The molecule has 0 spiro atoms. The molecule has 98 valence electrons. The fourth-order valence-corrected chi connectivity index (χ4v) is 3.59. The Labute approximate surface area is 109 Å². The van der Waals surface area contributed by atoms with Crippen molar-refractivity contribution in [1.29, 1.82) is 5.26 Å². The molecule has 0 aliphatic heterocycles. The first-order valence-corrected chi connectivity index (χ1v) is 7.46. The molecule has 6 nitrogen and oxygen atoms in total. The van der Waals surface area contributed by atoms with Gasteiger partial charge in [-0.25, -0.2) is 8.42 Å². The Kier molecular flexibility index (Phi) is 4.32. The second-order valence-electron chi connectivity index (χ2n) is 3.66. The molecule has 0 atom stereocenters. The van der Waals surface area contributed by atoms with Crippen molar-refractivity contribution in [3.8, 4) is 6.07 Å². The smallest absolute Gasteiger partial charge is 0.304 e. The first-order chi connectivity index (χ1) is 8.26. The van der Waals surface area contributed by atoms with Gasteiger partial charge in [-0.05, 0) is 19.4 Å². The van der Waals surface area contributed by atoms with Crippen LogP contribution in [0.15, 0.2) is 0 Å². The van der Waals surface area contributed by atoms with E-state index in [4.69, 9.17) is 10.4 Å². The molecule has 0 aromatic carbocycles. The number of aryl methyl sites for hydroxylation is 1. The molecule has 1 aromatic heterocycles. The van der Waals surface area contributed by atoms with Crippen LogP contribution in [0.2, 0.25) is 0 Å². The number of anilines is 1. The summed E-state index contributed by atoms with van der Waals surface area (Å²) in [5.74, 6) is -1.69. The largest absolute Gasteiger partial charge is 0.481 e. The molecule has 0 saturated carbocycles. The van der Waals surface area contributed by atoms with Gasteiger partial charge in [-0.1, -0.05) is 0 Å². The molecule has 18 heavy (non-hydrogen) atoms. The van der Waals surface area contributed by atoms with Gasteiger partial charge in [0.05, 0.1) is 17.7 Å². The summed E-state index contributed by atoms with van der Waals surface area (Å²) >= 11 is 1.17. The van der Waals surface area contributed by atoms with Crippen LogP contribution in [0.5, 0.6) is 0 Å². The van der Waals surface area contributed by atoms with E-state index < -0.39 is 28.2 Å². The van der Waals surface area contributed by atoms with Crippen LogP contribution in [0.3, 0.4) is 0 Å². The Bertz CT molecular complexity index is 611. The molecule has 0 amide bonds. The Balaban J connectivity index is 2.95. The number of hydrogen-bond donors (Lipinski definition) is 2. The number of nitrogens with one attached hydrogen (secondary N) is 1. The highest BCUT2D eigenvalue weighted by atomic mass is 32.2. The number of carboxylic acids is 1. The van der Waals surface area contributed by atoms with E-state index >= 15 is 0 Å². The highest BCUT2D eigenvalue weighted by molar-refractivity contribution is 7.92. The van der Waals surface area contributed by atoms with Gasteiger partial charge in [0.15, 0.2) is 0 Å². The summed E-state index contributed by atoms with van der Waals surface area (Å²) in [6.45, 7) is 3.52. The number of sulfonamides is 1. The summed E-state index contributed by atoms with van der Waals surface area (Å²) in [7, 11) is -3.74. The molecular formula is C10H12N2O4S2. The fraction of sp³-hybridized carbons (Fsp3) is 0.400. The highest BCUT2D eigenvalue weighted by Gasteiger charge is 2.18. The molecule has 2 N–H and O–H groups in total. The number of carboxylic acid groups (broad SMARTS) is 1. The summed E-state index contributed by atoms with van der Waals surface area (Å²) in [4.78, 5) is 11.2. The molecule has 0 radical (unpaired) electrons. The van der Waals surface area contributed by atoms with Crippen LogP contribution in [-0.4, -0.2) is 25.2 Å². The number of hydrogen-bond acceptors (Lipinski definition) is 5. The predicted molar refractivity (Wildman–Crippen MR) is 68.2 cm³/mol. The third-order valence-electron chi connectivity index (χ3n) is 2.33. The molecule has 0 bridgehead atoms. The van der Waals surface area contributed by atoms with Gasteiger partial charge in [0.2, 0.25) is 10.0 Å². The van der Waals surface area contributed by atoms with E-state index in [0.29, 0.717) is 0 Å².